The Hall–Kier alpha value is -2.92. The minimum absolute atomic E-state index is 0.0822. The number of nitrogens with one attached hydrogen (secondary N) is 1. The summed E-state index contributed by atoms with van der Waals surface area (Å²) in [4.78, 5) is 15.7. The topological polar surface area (TPSA) is 97.3 Å². The van der Waals surface area contributed by atoms with Gasteiger partial charge in [0.15, 0.2) is 11.5 Å². The van der Waals surface area contributed by atoms with Crippen LogP contribution >= 0.6 is 11.8 Å². The molecule has 130 valence electrons. The van der Waals surface area contributed by atoms with Gasteiger partial charge >= 0.3 is 5.97 Å². The Morgan fingerprint density at radius 1 is 1.44 bits per heavy atom. The zero-order valence-electron chi connectivity index (χ0n) is 13.8. The van der Waals surface area contributed by atoms with Crippen LogP contribution < -0.4 is 9.47 Å². The Morgan fingerprint density at radius 2 is 2.24 bits per heavy atom. The molecule has 1 aromatic carbocycles. The number of benzene rings is 1. The molecule has 1 heterocycles. The second-order valence-electron chi connectivity index (χ2n) is 4.75. The van der Waals surface area contributed by atoms with E-state index in [0.29, 0.717) is 34.7 Å². The number of aromatic nitrogens is 3. The van der Waals surface area contributed by atoms with Crippen LogP contribution in [-0.2, 0) is 4.79 Å². The zero-order valence-corrected chi connectivity index (χ0v) is 14.6. The average Bonchev–Trinajstić information content (AvgIpc) is 2.99. The van der Waals surface area contributed by atoms with Gasteiger partial charge in [0.05, 0.1) is 6.61 Å². The predicted molar refractivity (Wildman–Crippen MR) is 94.5 cm³/mol. The van der Waals surface area contributed by atoms with Crippen LogP contribution in [-0.4, -0.2) is 39.5 Å². The summed E-state index contributed by atoms with van der Waals surface area (Å²) in [6.45, 7) is 4.15. The number of aliphatic carboxylic acids is 1. The van der Waals surface area contributed by atoms with Crippen molar-refractivity contribution in [3.05, 3.63) is 34.5 Å². The highest BCUT2D eigenvalue weighted by Gasteiger charge is 2.14. The van der Waals surface area contributed by atoms with Gasteiger partial charge in [-0.2, -0.15) is 0 Å². The molecule has 0 atom stereocenters. The number of carbonyl (C=O) groups is 1. The highest BCUT2D eigenvalue weighted by atomic mass is 32.2. The van der Waals surface area contributed by atoms with Gasteiger partial charge in [-0.25, -0.2) is 9.78 Å². The number of carboxylic acids is 1. The standard InChI is InChI=1S/C17H17N3O4S/c1-4-8-24-13-7-6-12(9-14(13)23-5-2)10-15(16(21)22)25-17-18-11(3)19-20-17/h1,6-7,9-10H,5,8H2,2-3H3,(H,21,22)(H,18,19,20)/b15-10+. The molecule has 0 amide bonds. The largest absolute Gasteiger partial charge is 0.490 e. The molecular weight excluding hydrogens is 342 g/mol. The van der Waals surface area contributed by atoms with Crippen molar-refractivity contribution in [1.29, 1.82) is 0 Å². The van der Waals surface area contributed by atoms with Crippen molar-refractivity contribution in [3.8, 4) is 23.8 Å². The zero-order chi connectivity index (χ0) is 18.2. The fourth-order valence-electron chi connectivity index (χ4n) is 1.87. The molecule has 0 saturated carbocycles. The lowest BCUT2D eigenvalue weighted by molar-refractivity contribution is -0.131. The van der Waals surface area contributed by atoms with E-state index in [0.717, 1.165) is 11.8 Å². The van der Waals surface area contributed by atoms with Crippen LogP contribution in [0.25, 0.3) is 6.08 Å². The van der Waals surface area contributed by atoms with Crippen LogP contribution in [0.3, 0.4) is 0 Å². The van der Waals surface area contributed by atoms with E-state index in [4.69, 9.17) is 15.9 Å². The van der Waals surface area contributed by atoms with Gasteiger partial charge in [-0.15, -0.1) is 11.5 Å². The number of hydrogen-bond donors (Lipinski definition) is 2. The molecule has 0 aliphatic rings. The van der Waals surface area contributed by atoms with E-state index in [-0.39, 0.29) is 11.5 Å². The lowest BCUT2D eigenvalue weighted by atomic mass is 10.2. The second kappa shape index (κ2) is 8.80. The molecule has 0 radical (unpaired) electrons. The Bertz CT molecular complexity index is 824. The lowest BCUT2D eigenvalue weighted by Gasteiger charge is -2.11. The predicted octanol–water partition coefficient (Wildman–Crippen LogP) is 2.74. The lowest BCUT2D eigenvalue weighted by Crippen LogP contribution is -2.00. The number of terminal acetylenes is 1. The maximum atomic E-state index is 11.5. The van der Waals surface area contributed by atoms with Crippen molar-refractivity contribution in [3.63, 3.8) is 0 Å². The molecular formula is C17H17N3O4S. The van der Waals surface area contributed by atoms with Gasteiger partial charge in [-0.1, -0.05) is 12.0 Å². The molecule has 1 aromatic heterocycles. The molecule has 0 aliphatic carbocycles. The molecule has 0 saturated heterocycles. The Balaban J connectivity index is 2.30. The maximum absolute atomic E-state index is 11.5. The van der Waals surface area contributed by atoms with Gasteiger partial charge in [0.1, 0.15) is 17.3 Å². The van der Waals surface area contributed by atoms with Crippen molar-refractivity contribution >= 4 is 23.8 Å². The van der Waals surface area contributed by atoms with E-state index >= 15 is 0 Å². The SMILES string of the molecule is C#CCOc1ccc(/C=C(/Sc2n[nH]c(C)n2)C(=O)O)cc1OCC. The molecule has 0 aliphatic heterocycles. The number of aromatic amines is 1. The second-order valence-corrected chi connectivity index (χ2v) is 5.76. The fourth-order valence-corrected chi connectivity index (χ4v) is 2.63. The van der Waals surface area contributed by atoms with E-state index in [1.54, 1.807) is 25.1 Å². The molecule has 25 heavy (non-hydrogen) atoms. The number of carboxylic acid groups (broad SMARTS) is 1. The van der Waals surface area contributed by atoms with Gasteiger partial charge in [0, 0.05) is 0 Å². The first-order chi connectivity index (χ1) is 12.0. The van der Waals surface area contributed by atoms with E-state index in [2.05, 4.69) is 21.1 Å². The van der Waals surface area contributed by atoms with E-state index in [1.807, 2.05) is 6.92 Å². The quantitative estimate of drug-likeness (QED) is 0.425. The molecule has 2 rings (SSSR count). The van der Waals surface area contributed by atoms with Crippen LogP contribution in [0.4, 0.5) is 0 Å². The first kappa shape index (κ1) is 18.4. The number of H-pyrrole nitrogens is 1. The molecule has 0 unspecified atom stereocenters. The van der Waals surface area contributed by atoms with Crippen LogP contribution in [0.1, 0.15) is 18.3 Å². The number of nitrogens with zero attached hydrogens (tertiary/aromatic N) is 2. The number of rotatable bonds is 8. The minimum atomic E-state index is -1.07. The van der Waals surface area contributed by atoms with Crippen LogP contribution in [0, 0.1) is 19.3 Å². The number of thioether (sulfide) groups is 1. The van der Waals surface area contributed by atoms with Gasteiger partial charge < -0.3 is 14.6 Å². The molecule has 7 nitrogen and oxygen atoms in total. The molecule has 0 spiro atoms. The third kappa shape index (κ3) is 5.29. The Kier molecular flexibility index (Phi) is 6.48. The summed E-state index contributed by atoms with van der Waals surface area (Å²) < 4.78 is 10.9. The summed E-state index contributed by atoms with van der Waals surface area (Å²) in [7, 11) is 0. The van der Waals surface area contributed by atoms with Crippen molar-refractivity contribution in [2.75, 3.05) is 13.2 Å². The van der Waals surface area contributed by atoms with Crippen molar-refractivity contribution in [2.45, 2.75) is 19.0 Å². The summed E-state index contributed by atoms with van der Waals surface area (Å²) >= 11 is 0.959. The van der Waals surface area contributed by atoms with Crippen LogP contribution in [0.2, 0.25) is 0 Å². The summed E-state index contributed by atoms with van der Waals surface area (Å²) in [6, 6.07) is 5.11. The smallest absolute Gasteiger partial charge is 0.342 e. The molecule has 8 heteroatoms. The number of ether oxygens (including phenoxy) is 2. The summed E-state index contributed by atoms with van der Waals surface area (Å²) in [5.41, 5.74) is 0.647. The van der Waals surface area contributed by atoms with Crippen LogP contribution in [0.5, 0.6) is 11.5 Å². The van der Waals surface area contributed by atoms with Crippen molar-refractivity contribution in [1.82, 2.24) is 15.2 Å². The van der Waals surface area contributed by atoms with Gasteiger partial charge in [0.25, 0.3) is 0 Å². The monoisotopic (exact) mass is 359 g/mol. The number of aryl methyl sites for hydroxylation is 1. The Labute approximate surface area is 149 Å². The molecule has 2 N–H and O–H groups in total. The summed E-state index contributed by atoms with van der Waals surface area (Å²) in [5, 5.41) is 16.4. The van der Waals surface area contributed by atoms with E-state index in [9.17, 15) is 9.90 Å². The van der Waals surface area contributed by atoms with Gasteiger partial charge in [-0.05, 0) is 49.4 Å². The Morgan fingerprint density at radius 3 is 2.84 bits per heavy atom. The highest BCUT2D eigenvalue weighted by molar-refractivity contribution is 8.04. The highest BCUT2D eigenvalue weighted by Crippen LogP contribution is 2.31. The van der Waals surface area contributed by atoms with E-state index < -0.39 is 5.97 Å². The summed E-state index contributed by atoms with van der Waals surface area (Å²) in [6.07, 6.45) is 6.72. The maximum Gasteiger partial charge on any atom is 0.342 e. The molecule has 2 aromatic rings. The van der Waals surface area contributed by atoms with Crippen LogP contribution in [0.15, 0.2) is 28.3 Å². The van der Waals surface area contributed by atoms with E-state index in [1.165, 1.54) is 6.08 Å². The van der Waals surface area contributed by atoms with Gasteiger partial charge in [-0.3, -0.25) is 5.10 Å². The summed E-state index contributed by atoms with van der Waals surface area (Å²) in [5.74, 6) is 2.93. The average molecular weight is 359 g/mol. The third-order valence-electron chi connectivity index (χ3n) is 2.87. The van der Waals surface area contributed by atoms with Crippen molar-refractivity contribution in [2.24, 2.45) is 0 Å². The number of hydrogen-bond acceptors (Lipinski definition) is 6. The molecule has 0 bridgehead atoms. The normalized spacial score (nSPS) is 11.0. The first-order valence-electron chi connectivity index (χ1n) is 7.38. The van der Waals surface area contributed by atoms with Crippen molar-refractivity contribution < 1.29 is 19.4 Å². The first-order valence-corrected chi connectivity index (χ1v) is 8.20. The minimum Gasteiger partial charge on any atom is -0.490 e. The van der Waals surface area contributed by atoms with Gasteiger partial charge in [0.2, 0.25) is 5.16 Å². The molecule has 0 fully saturated rings. The fraction of sp³-hybridized carbons (Fsp3) is 0.235. The third-order valence-corrected chi connectivity index (χ3v) is 3.74.